The number of para-hydroxylation sites is 1. The van der Waals surface area contributed by atoms with Crippen LogP contribution in [0.2, 0.25) is 0 Å². The van der Waals surface area contributed by atoms with Gasteiger partial charge in [0.15, 0.2) is 0 Å². The molecule has 0 saturated carbocycles. The minimum absolute atomic E-state index is 0.235. The third-order valence-corrected chi connectivity index (χ3v) is 3.56. The van der Waals surface area contributed by atoms with Gasteiger partial charge in [-0.1, -0.05) is 25.1 Å². The zero-order valence-corrected chi connectivity index (χ0v) is 13.5. The Bertz CT molecular complexity index is 891. The molecule has 0 unspecified atom stereocenters. The molecule has 0 bridgehead atoms. The van der Waals surface area contributed by atoms with Gasteiger partial charge in [0.25, 0.3) is 0 Å². The molecule has 2 aromatic heterocycles. The number of nitrogens with zero attached hydrogens (tertiary/aromatic N) is 4. The number of hydrogen-bond acceptors (Lipinski definition) is 6. The van der Waals surface area contributed by atoms with Gasteiger partial charge >= 0.3 is 5.69 Å². The summed E-state index contributed by atoms with van der Waals surface area (Å²) >= 11 is 0. The number of nitrogens with one attached hydrogen (secondary N) is 2. The monoisotopic (exact) mass is 322 g/mol. The molecule has 0 aliphatic carbocycles. The second-order valence-corrected chi connectivity index (χ2v) is 5.21. The number of rotatable bonds is 5. The van der Waals surface area contributed by atoms with Crippen molar-refractivity contribution in [3.8, 4) is 5.69 Å². The Morgan fingerprint density at radius 2 is 1.79 bits per heavy atom. The summed E-state index contributed by atoms with van der Waals surface area (Å²) in [6, 6.07) is 11.3. The maximum atomic E-state index is 12.5. The number of hydrazine groups is 1. The van der Waals surface area contributed by atoms with E-state index in [4.69, 9.17) is 0 Å². The predicted octanol–water partition coefficient (Wildman–Crippen LogP) is 2.33. The molecule has 122 valence electrons. The second kappa shape index (κ2) is 6.91. The van der Waals surface area contributed by atoms with Gasteiger partial charge in [0.2, 0.25) is 5.95 Å². The Morgan fingerprint density at radius 3 is 2.50 bits per heavy atom. The largest absolute Gasteiger partial charge is 0.356 e. The van der Waals surface area contributed by atoms with Gasteiger partial charge in [-0.2, -0.15) is 9.97 Å². The van der Waals surface area contributed by atoms with Crippen LogP contribution < -0.4 is 16.5 Å². The predicted molar refractivity (Wildman–Crippen MR) is 93.2 cm³/mol. The maximum absolute atomic E-state index is 12.5. The molecule has 0 atom stereocenters. The van der Waals surface area contributed by atoms with Crippen molar-refractivity contribution in [1.82, 2.24) is 19.5 Å². The zero-order chi connectivity index (χ0) is 16.9. The van der Waals surface area contributed by atoms with Crippen molar-refractivity contribution in [3.63, 3.8) is 0 Å². The molecule has 2 N–H and O–H groups in total. The Hall–Kier alpha value is -3.22. The van der Waals surface area contributed by atoms with Crippen molar-refractivity contribution in [3.05, 3.63) is 70.7 Å². The summed E-state index contributed by atoms with van der Waals surface area (Å²) in [5.74, 6) is 0.877. The van der Waals surface area contributed by atoms with Crippen LogP contribution in [0.15, 0.2) is 53.6 Å². The van der Waals surface area contributed by atoms with Gasteiger partial charge in [-0.3, -0.25) is 15.8 Å². The first-order valence-electron chi connectivity index (χ1n) is 7.67. The SMILES string of the molecule is CCc1nc(NNc2ccncc2)nc(=O)n1-c1ccccc1C. The molecule has 0 amide bonds. The van der Waals surface area contributed by atoms with Gasteiger partial charge in [-0.25, -0.2) is 9.36 Å². The Labute approximate surface area is 139 Å². The van der Waals surface area contributed by atoms with Crippen molar-refractivity contribution in [1.29, 1.82) is 0 Å². The average molecular weight is 322 g/mol. The number of hydrogen-bond donors (Lipinski definition) is 2. The van der Waals surface area contributed by atoms with Gasteiger partial charge in [0.1, 0.15) is 5.82 Å². The maximum Gasteiger partial charge on any atom is 0.356 e. The fraction of sp³-hybridized carbons (Fsp3) is 0.176. The normalized spacial score (nSPS) is 10.4. The molecule has 3 rings (SSSR count). The number of pyridine rings is 1. The highest BCUT2D eigenvalue weighted by atomic mass is 16.1. The Kier molecular flexibility index (Phi) is 4.51. The Morgan fingerprint density at radius 1 is 1.04 bits per heavy atom. The van der Waals surface area contributed by atoms with Crippen LogP contribution in [0.3, 0.4) is 0 Å². The molecule has 0 aliphatic heterocycles. The molecule has 7 nitrogen and oxygen atoms in total. The first-order valence-corrected chi connectivity index (χ1v) is 7.67. The number of aryl methyl sites for hydroxylation is 2. The van der Waals surface area contributed by atoms with E-state index in [-0.39, 0.29) is 11.6 Å². The highest BCUT2D eigenvalue weighted by molar-refractivity contribution is 5.46. The molecule has 0 radical (unpaired) electrons. The molecule has 0 fully saturated rings. The zero-order valence-electron chi connectivity index (χ0n) is 13.5. The Balaban J connectivity index is 1.94. The average Bonchev–Trinajstić information content (AvgIpc) is 2.61. The van der Waals surface area contributed by atoms with Crippen molar-refractivity contribution >= 4 is 11.6 Å². The van der Waals surface area contributed by atoms with Gasteiger partial charge in [0, 0.05) is 18.8 Å². The third kappa shape index (κ3) is 3.24. The number of benzene rings is 1. The van der Waals surface area contributed by atoms with Crippen molar-refractivity contribution in [2.75, 3.05) is 10.9 Å². The third-order valence-electron chi connectivity index (χ3n) is 3.56. The van der Waals surface area contributed by atoms with Crippen LogP contribution in [-0.2, 0) is 6.42 Å². The molecule has 0 aliphatic rings. The molecule has 0 saturated heterocycles. The van der Waals surface area contributed by atoms with E-state index in [9.17, 15) is 4.79 Å². The van der Waals surface area contributed by atoms with Crippen LogP contribution in [0.5, 0.6) is 0 Å². The van der Waals surface area contributed by atoms with Gasteiger partial charge in [0.05, 0.1) is 11.4 Å². The van der Waals surface area contributed by atoms with Crippen LogP contribution in [0.25, 0.3) is 5.69 Å². The summed E-state index contributed by atoms with van der Waals surface area (Å²) in [4.78, 5) is 24.9. The standard InChI is InChI=1S/C17H18N6O/c1-3-15-19-16(22-21-13-8-10-18-11-9-13)20-17(24)23(15)14-7-5-4-6-12(14)2/h4-11H,3H2,1-2H3,(H,18,21)(H,20,22,24). The van der Waals surface area contributed by atoms with E-state index in [1.54, 1.807) is 29.1 Å². The summed E-state index contributed by atoms with van der Waals surface area (Å²) in [7, 11) is 0. The van der Waals surface area contributed by atoms with E-state index in [1.807, 2.05) is 38.1 Å². The van der Waals surface area contributed by atoms with E-state index in [2.05, 4.69) is 25.8 Å². The van der Waals surface area contributed by atoms with Crippen LogP contribution in [0.1, 0.15) is 18.3 Å². The van der Waals surface area contributed by atoms with Gasteiger partial charge in [-0.05, 0) is 30.7 Å². The van der Waals surface area contributed by atoms with Crippen LogP contribution >= 0.6 is 0 Å². The topological polar surface area (TPSA) is 84.7 Å². The first-order chi connectivity index (χ1) is 11.7. The lowest BCUT2D eigenvalue weighted by molar-refractivity contribution is 0.768. The lowest BCUT2D eigenvalue weighted by atomic mass is 10.2. The fourth-order valence-electron chi connectivity index (χ4n) is 2.36. The summed E-state index contributed by atoms with van der Waals surface area (Å²) in [5.41, 5.74) is 8.03. The highest BCUT2D eigenvalue weighted by Crippen LogP contribution is 2.14. The van der Waals surface area contributed by atoms with E-state index in [0.717, 1.165) is 16.9 Å². The van der Waals surface area contributed by atoms with E-state index in [1.165, 1.54) is 0 Å². The van der Waals surface area contributed by atoms with Gasteiger partial charge in [-0.15, -0.1) is 0 Å². The minimum Gasteiger partial charge on any atom is -0.298 e. The molecule has 0 spiro atoms. The molecule has 1 aromatic carbocycles. The first kappa shape index (κ1) is 15.7. The molecule has 2 heterocycles. The minimum atomic E-state index is -0.366. The number of anilines is 2. The quantitative estimate of drug-likeness (QED) is 0.701. The molecule has 24 heavy (non-hydrogen) atoms. The van der Waals surface area contributed by atoms with Crippen molar-refractivity contribution < 1.29 is 0 Å². The second-order valence-electron chi connectivity index (χ2n) is 5.21. The van der Waals surface area contributed by atoms with E-state index in [0.29, 0.717) is 12.2 Å². The smallest absolute Gasteiger partial charge is 0.298 e. The lowest BCUT2D eigenvalue weighted by Crippen LogP contribution is -2.29. The molecular weight excluding hydrogens is 304 g/mol. The van der Waals surface area contributed by atoms with E-state index < -0.39 is 0 Å². The lowest BCUT2D eigenvalue weighted by Gasteiger charge is -2.14. The van der Waals surface area contributed by atoms with E-state index >= 15 is 0 Å². The van der Waals surface area contributed by atoms with Crippen LogP contribution in [0, 0.1) is 6.92 Å². The highest BCUT2D eigenvalue weighted by Gasteiger charge is 2.12. The molecule has 3 aromatic rings. The van der Waals surface area contributed by atoms with Crippen LogP contribution in [-0.4, -0.2) is 19.5 Å². The van der Waals surface area contributed by atoms with Crippen LogP contribution in [0.4, 0.5) is 11.6 Å². The summed E-state index contributed by atoms with van der Waals surface area (Å²) in [6.45, 7) is 3.91. The number of aromatic nitrogens is 4. The van der Waals surface area contributed by atoms with Crippen molar-refractivity contribution in [2.45, 2.75) is 20.3 Å². The van der Waals surface area contributed by atoms with Gasteiger partial charge < -0.3 is 0 Å². The summed E-state index contributed by atoms with van der Waals surface area (Å²) in [5, 5.41) is 0. The summed E-state index contributed by atoms with van der Waals surface area (Å²) in [6.07, 6.45) is 3.94. The fourth-order valence-corrected chi connectivity index (χ4v) is 2.36. The molecular formula is C17H18N6O. The van der Waals surface area contributed by atoms with Crippen molar-refractivity contribution in [2.24, 2.45) is 0 Å². The summed E-state index contributed by atoms with van der Waals surface area (Å²) < 4.78 is 1.55. The molecule has 7 heteroatoms.